The number of nitrogens with zero attached hydrogens (tertiary/aromatic N) is 1. The second-order valence-corrected chi connectivity index (χ2v) is 4.93. The second-order valence-electron chi connectivity index (χ2n) is 4.01. The van der Waals surface area contributed by atoms with Crippen molar-refractivity contribution in [1.82, 2.24) is 4.90 Å². The predicted molar refractivity (Wildman–Crippen MR) is 74.7 cm³/mol. The smallest absolute Gasteiger partial charge is 0.265 e. The number of thiophene rings is 1. The lowest BCUT2D eigenvalue weighted by molar-refractivity contribution is 0.0728. The lowest BCUT2D eigenvalue weighted by Crippen LogP contribution is -2.36. The molecule has 1 aromatic heterocycles. The van der Waals surface area contributed by atoms with E-state index in [1.807, 2.05) is 18.5 Å². The van der Waals surface area contributed by atoms with Crippen LogP contribution in [-0.4, -0.2) is 35.6 Å². The normalized spacial score (nSPS) is 10.1. The Morgan fingerprint density at radius 3 is 2.72 bits per heavy atom. The van der Waals surface area contributed by atoms with Crippen LogP contribution in [-0.2, 0) is 0 Å². The Kier molecular flexibility index (Phi) is 5.90. The Balaban J connectivity index is 2.93. The first-order chi connectivity index (χ1) is 8.65. The SMILES string of the molecule is CCC(CC)N(C)C(=O)c1sccc1C#CCO. The highest BCUT2D eigenvalue weighted by atomic mass is 32.1. The Bertz CT molecular complexity index is 452. The van der Waals surface area contributed by atoms with Crippen molar-refractivity contribution in [3.63, 3.8) is 0 Å². The summed E-state index contributed by atoms with van der Waals surface area (Å²) in [6, 6.07) is 2.08. The fraction of sp³-hybridized carbons (Fsp3) is 0.500. The topological polar surface area (TPSA) is 40.5 Å². The quantitative estimate of drug-likeness (QED) is 0.849. The average Bonchev–Trinajstić information content (AvgIpc) is 2.84. The maximum atomic E-state index is 12.4. The molecule has 0 atom stereocenters. The number of carbonyl (C=O) groups excluding carboxylic acids is 1. The van der Waals surface area contributed by atoms with Gasteiger partial charge in [-0.3, -0.25) is 4.79 Å². The summed E-state index contributed by atoms with van der Waals surface area (Å²) in [7, 11) is 1.84. The van der Waals surface area contributed by atoms with Crippen molar-refractivity contribution in [3.05, 3.63) is 21.9 Å². The summed E-state index contributed by atoms with van der Waals surface area (Å²) in [6.45, 7) is 3.98. The van der Waals surface area contributed by atoms with Gasteiger partial charge in [0.2, 0.25) is 0 Å². The van der Waals surface area contributed by atoms with Crippen molar-refractivity contribution >= 4 is 17.2 Å². The van der Waals surface area contributed by atoms with E-state index >= 15 is 0 Å². The number of carbonyl (C=O) groups is 1. The van der Waals surface area contributed by atoms with Gasteiger partial charge in [0.1, 0.15) is 11.5 Å². The van der Waals surface area contributed by atoms with E-state index in [0.29, 0.717) is 10.4 Å². The maximum absolute atomic E-state index is 12.4. The molecule has 0 aliphatic carbocycles. The average molecular weight is 265 g/mol. The first kappa shape index (κ1) is 14.7. The van der Waals surface area contributed by atoms with E-state index in [1.165, 1.54) is 11.3 Å². The number of hydrogen-bond donors (Lipinski definition) is 1. The summed E-state index contributed by atoms with van der Waals surface area (Å²) >= 11 is 1.40. The van der Waals surface area contributed by atoms with Gasteiger partial charge < -0.3 is 10.0 Å². The van der Waals surface area contributed by atoms with Crippen LogP contribution in [0.1, 0.15) is 41.9 Å². The van der Waals surface area contributed by atoms with Gasteiger partial charge in [0.15, 0.2) is 0 Å². The van der Waals surface area contributed by atoms with Crippen molar-refractivity contribution in [2.75, 3.05) is 13.7 Å². The first-order valence-electron chi connectivity index (χ1n) is 6.10. The van der Waals surface area contributed by atoms with Crippen LogP contribution in [0.3, 0.4) is 0 Å². The molecule has 0 aromatic carbocycles. The van der Waals surface area contributed by atoms with Crippen molar-refractivity contribution in [3.8, 4) is 11.8 Å². The van der Waals surface area contributed by atoms with Crippen LogP contribution in [0.5, 0.6) is 0 Å². The summed E-state index contributed by atoms with van der Waals surface area (Å²) in [4.78, 5) is 14.8. The van der Waals surface area contributed by atoms with Crippen LogP contribution in [0.2, 0.25) is 0 Å². The van der Waals surface area contributed by atoms with Crippen LogP contribution >= 0.6 is 11.3 Å². The van der Waals surface area contributed by atoms with E-state index in [4.69, 9.17) is 5.11 Å². The molecule has 4 heteroatoms. The largest absolute Gasteiger partial charge is 0.384 e. The highest BCUT2D eigenvalue weighted by molar-refractivity contribution is 7.12. The van der Waals surface area contributed by atoms with Crippen LogP contribution in [0, 0.1) is 11.8 Å². The standard InChI is InChI=1S/C14H19NO2S/c1-4-12(5-2)15(3)14(17)13-11(7-6-9-16)8-10-18-13/h8,10,12,16H,4-5,9H2,1-3H3. The number of rotatable bonds is 4. The minimum absolute atomic E-state index is 0.0148. The molecule has 0 saturated heterocycles. The van der Waals surface area contributed by atoms with Gasteiger partial charge in [-0.2, -0.15) is 0 Å². The number of amides is 1. The minimum Gasteiger partial charge on any atom is -0.384 e. The molecule has 98 valence electrons. The Hall–Kier alpha value is -1.31. The molecule has 1 heterocycles. The van der Waals surface area contributed by atoms with Crippen molar-refractivity contribution < 1.29 is 9.90 Å². The second kappa shape index (κ2) is 7.20. The van der Waals surface area contributed by atoms with Crippen LogP contribution < -0.4 is 0 Å². The third kappa shape index (κ3) is 3.34. The van der Waals surface area contributed by atoms with E-state index in [1.54, 1.807) is 4.90 Å². The monoisotopic (exact) mass is 265 g/mol. The molecule has 18 heavy (non-hydrogen) atoms. The Labute approximate surface area is 112 Å². The Morgan fingerprint density at radius 2 is 2.17 bits per heavy atom. The predicted octanol–water partition coefficient (Wildman–Crippen LogP) is 2.35. The van der Waals surface area contributed by atoms with Crippen molar-refractivity contribution in [1.29, 1.82) is 0 Å². The molecule has 0 unspecified atom stereocenters. The minimum atomic E-state index is -0.189. The third-order valence-electron chi connectivity index (χ3n) is 2.97. The van der Waals surface area contributed by atoms with Gasteiger partial charge in [0.05, 0.1) is 0 Å². The molecule has 0 radical (unpaired) electrons. The summed E-state index contributed by atoms with van der Waals surface area (Å²) in [6.07, 6.45) is 1.89. The fourth-order valence-electron chi connectivity index (χ4n) is 1.87. The van der Waals surface area contributed by atoms with Gasteiger partial charge in [-0.05, 0) is 24.3 Å². The van der Waals surface area contributed by atoms with Gasteiger partial charge in [-0.25, -0.2) is 0 Å². The van der Waals surface area contributed by atoms with Crippen molar-refractivity contribution in [2.24, 2.45) is 0 Å². The summed E-state index contributed by atoms with van der Waals surface area (Å²) < 4.78 is 0. The van der Waals surface area contributed by atoms with E-state index in [0.717, 1.165) is 12.8 Å². The van der Waals surface area contributed by atoms with E-state index in [-0.39, 0.29) is 18.6 Å². The molecule has 0 aliphatic heterocycles. The van der Waals surface area contributed by atoms with Crippen molar-refractivity contribution in [2.45, 2.75) is 32.7 Å². The fourth-order valence-corrected chi connectivity index (χ4v) is 2.70. The van der Waals surface area contributed by atoms with Crippen LogP contribution in [0.25, 0.3) is 0 Å². The molecule has 0 saturated carbocycles. The molecule has 1 amide bonds. The lowest BCUT2D eigenvalue weighted by atomic mass is 10.1. The van der Waals surface area contributed by atoms with Crippen LogP contribution in [0.4, 0.5) is 0 Å². The molecule has 3 nitrogen and oxygen atoms in total. The van der Waals surface area contributed by atoms with Crippen LogP contribution in [0.15, 0.2) is 11.4 Å². The van der Waals surface area contributed by atoms with Gasteiger partial charge in [-0.1, -0.05) is 25.7 Å². The van der Waals surface area contributed by atoms with E-state index < -0.39 is 0 Å². The zero-order valence-corrected chi connectivity index (χ0v) is 11.9. The lowest BCUT2D eigenvalue weighted by Gasteiger charge is -2.25. The molecule has 1 N–H and O–H groups in total. The molecule has 1 rings (SSSR count). The molecule has 0 fully saturated rings. The van der Waals surface area contributed by atoms with Gasteiger partial charge in [0, 0.05) is 18.7 Å². The van der Waals surface area contributed by atoms with Gasteiger partial charge in [-0.15, -0.1) is 11.3 Å². The van der Waals surface area contributed by atoms with E-state index in [9.17, 15) is 4.79 Å². The highest BCUT2D eigenvalue weighted by Gasteiger charge is 2.21. The maximum Gasteiger partial charge on any atom is 0.265 e. The van der Waals surface area contributed by atoms with E-state index in [2.05, 4.69) is 25.7 Å². The zero-order chi connectivity index (χ0) is 13.5. The van der Waals surface area contributed by atoms with Gasteiger partial charge >= 0.3 is 0 Å². The Morgan fingerprint density at radius 1 is 1.50 bits per heavy atom. The summed E-state index contributed by atoms with van der Waals surface area (Å²) in [5.74, 6) is 5.41. The highest BCUT2D eigenvalue weighted by Crippen LogP contribution is 2.20. The molecular weight excluding hydrogens is 246 g/mol. The number of aliphatic hydroxyl groups excluding tert-OH is 1. The number of hydrogen-bond acceptors (Lipinski definition) is 3. The molecule has 0 aliphatic rings. The third-order valence-corrected chi connectivity index (χ3v) is 3.87. The molecule has 1 aromatic rings. The zero-order valence-electron chi connectivity index (χ0n) is 11.1. The molecular formula is C14H19NO2S. The summed E-state index contributed by atoms with van der Waals surface area (Å²) in [5, 5.41) is 10.6. The summed E-state index contributed by atoms with van der Waals surface area (Å²) in [5.41, 5.74) is 0.705. The van der Waals surface area contributed by atoms with Gasteiger partial charge in [0.25, 0.3) is 5.91 Å². The molecule has 0 bridgehead atoms. The first-order valence-corrected chi connectivity index (χ1v) is 6.98. The number of aliphatic hydroxyl groups is 1. The molecule has 0 spiro atoms.